The minimum absolute atomic E-state index is 0.0781. The summed E-state index contributed by atoms with van der Waals surface area (Å²) >= 11 is 3.42. The van der Waals surface area contributed by atoms with Crippen molar-refractivity contribution in [3.05, 3.63) is 40.4 Å². The Balaban J connectivity index is 1.92. The summed E-state index contributed by atoms with van der Waals surface area (Å²) in [5, 5.41) is 0. The largest absolute Gasteiger partial charge is 0.368 e. The molecule has 15 heavy (non-hydrogen) atoms. The molecule has 0 aliphatic carbocycles. The van der Waals surface area contributed by atoms with Crippen molar-refractivity contribution in [2.75, 3.05) is 0 Å². The topological polar surface area (TPSA) is 9.23 Å². The standard InChI is InChI=1S/C13H15BrO/c1-13(2)9-12(15-13)8-5-10-3-6-11(14)7-4-10/h3-8,12H,9H2,1-2H3/b8-5+. The van der Waals surface area contributed by atoms with Crippen LogP contribution in [0.15, 0.2) is 34.8 Å². The van der Waals surface area contributed by atoms with Crippen LogP contribution in [0.1, 0.15) is 25.8 Å². The fourth-order valence-corrected chi connectivity index (χ4v) is 2.05. The SMILES string of the molecule is CC1(C)CC(/C=C/c2ccc(Br)cc2)O1. The summed E-state index contributed by atoms with van der Waals surface area (Å²) < 4.78 is 6.79. The lowest BCUT2D eigenvalue weighted by Gasteiger charge is -2.41. The number of halogens is 1. The van der Waals surface area contributed by atoms with Crippen molar-refractivity contribution in [2.45, 2.75) is 32.0 Å². The van der Waals surface area contributed by atoms with Gasteiger partial charge in [0, 0.05) is 10.9 Å². The Hall–Kier alpha value is -0.600. The first-order valence-electron chi connectivity index (χ1n) is 5.17. The monoisotopic (exact) mass is 266 g/mol. The lowest BCUT2D eigenvalue weighted by atomic mass is 9.93. The molecule has 1 fully saturated rings. The zero-order valence-electron chi connectivity index (χ0n) is 9.03. The van der Waals surface area contributed by atoms with E-state index in [0.29, 0.717) is 6.10 Å². The number of benzene rings is 1. The van der Waals surface area contributed by atoms with Crippen molar-refractivity contribution in [1.82, 2.24) is 0 Å². The second-order valence-corrected chi connectivity index (χ2v) is 5.45. The molecule has 0 amide bonds. The van der Waals surface area contributed by atoms with Crippen LogP contribution in [0.2, 0.25) is 0 Å². The molecule has 0 radical (unpaired) electrons. The van der Waals surface area contributed by atoms with E-state index in [4.69, 9.17) is 4.74 Å². The molecule has 0 N–H and O–H groups in total. The summed E-state index contributed by atoms with van der Waals surface area (Å²) in [4.78, 5) is 0. The first-order valence-corrected chi connectivity index (χ1v) is 5.96. The van der Waals surface area contributed by atoms with Crippen molar-refractivity contribution >= 4 is 22.0 Å². The Bertz CT molecular complexity index is 357. The van der Waals surface area contributed by atoms with Gasteiger partial charge in [0.1, 0.15) is 0 Å². The fourth-order valence-electron chi connectivity index (χ4n) is 1.78. The fraction of sp³-hybridized carbons (Fsp3) is 0.385. The predicted molar refractivity (Wildman–Crippen MR) is 66.7 cm³/mol. The van der Waals surface area contributed by atoms with Crippen LogP contribution in [0.5, 0.6) is 0 Å². The first-order chi connectivity index (χ1) is 7.05. The van der Waals surface area contributed by atoms with Gasteiger partial charge in [0.05, 0.1) is 11.7 Å². The summed E-state index contributed by atoms with van der Waals surface area (Å²) in [5.41, 5.74) is 1.29. The van der Waals surface area contributed by atoms with Gasteiger partial charge in [-0.3, -0.25) is 0 Å². The van der Waals surface area contributed by atoms with Gasteiger partial charge in [-0.1, -0.05) is 40.2 Å². The Labute approximate surface area is 99.3 Å². The van der Waals surface area contributed by atoms with Crippen molar-refractivity contribution in [3.63, 3.8) is 0 Å². The summed E-state index contributed by atoms with van der Waals surface area (Å²) in [6.07, 6.45) is 5.66. The van der Waals surface area contributed by atoms with Crippen molar-refractivity contribution in [1.29, 1.82) is 0 Å². The van der Waals surface area contributed by atoms with E-state index in [9.17, 15) is 0 Å². The summed E-state index contributed by atoms with van der Waals surface area (Å²) in [6.45, 7) is 4.24. The molecular formula is C13H15BrO. The summed E-state index contributed by atoms with van der Waals surface area (Å²) in [7, 11) is 0. The van der Waals surface area contributed by atoms with Gasteiger partial charge in [-0.15, -0.1) is 0 Å². The van der Waals surface area contributed by atoms with Gasteiger partial charge >= 0.3 is 0 Å². The zero-order chi connectivity index (χ0) is 10.9. The Kier molecular flexibility index (Phi) is 2.98. The molecule has 0 saturated carbocycles. The van der Waals surface area contributed by atoms with E-state index in [1.54, 1.807) is 0 Å². The lowest BCUT2D eigenvalue weighted by molar-refractivity contribution is -0.161. The minimum atomic E-state index is 0.0781. The van der Waals surface area contributed by atoms with E-state index in [1.165, 1.54) is 5.56 Å². The quantitative estimate of drug-likeness (QED) is 0.786. The molecule has 80 valence electrons. The van der Waals surface area contributed by atoms with Gasteiger partial charge in [0.15, 0.2) is 0 Å². The average Bonchev–Trinajstić information content (AvgIpc) is 2.14. The highest BCUT2D eigenvalue weighted by molar-refractivity contribution is 9.10. The normalized spacial score (nSPS) is 24.1. The zero-order valence-corrected chi connectivity index (χ0v) is 10.6. The van der Waals surface area contributed by atoms with Crippen LogP contribution < -0.4 is 0 Å². The van der Waals surface area contributed by atoms with Crippen molar-refractivity contribution in [3.8, 4) is 0 Å². The second kappa shape index (κ2) is 4.11. The van der Waals surface area contributed by atoms with Crippen LogP contribution >= 0.6 is 15.9 Å². The van der Waals surface area contributed by atoms with Crippen LogP contribution in [0.3, 0.4) is 0 Å². The highest BCUT2D eigenvalue weighted by Crippen LogP contribution is 2.32. The summed E-state index contributed by atoms with van der Waals surface area (Å²) in [6, 6.07) is 8.27. The molecule has 1 saturated heterocycles. The first kappa shape index (κ1) is 10.9. The molecule has 0 bridgehead atoms. The molecule has 1 nitrogen and oxygen atoms in total. The minimum Gasteiger partial charge on any atom is -0.368 e. The molecule has 0 aromatic heterocycles. The number of rotatable bonds is 2. The molecule has 2 rings (SSSR count). The van der Waals surface area contributed by atoms with Gasteiger partial charge in [-0.25, -0.2) is 0 Å². The number of ether oxygens (including phenoxy) is 1. The van der Waals surface area contributed by atoms with Gasteiger partial charge < -0.3 is 4.74 Å². The van der Waals surface area contributed by atoms with E-state index in [0.717, 1.165) is 10.9 Å². The third-order valence-corrected chi connectivity index (χ3v) is 3.07. The van der Waals surface area contributed by atoms with Crippen molar-refractivity contribution < 1.29 is 4.74 Å². The van der Waals surface area contributed by atoms with Crippen molar-refractivity contribution in [2.24, 2.45) is 0 Å². The molecule has 0 spiro atoms. The maximum Gasteiger partial charge on any atom is 0.0793 e. The molecule has 1 aromatic rings. The van der Waals surface area contributed by atoms with Gasteiger partial charge in [0.25, 0.3) is 0 Å². The lowest BCUT2D eigenvalue weighted by Crippen LogP contribution is -2.44. The smallest absolute Gasteiger partial charge is 0.0793 e. The van der Waals surface area contributed by atoms with Crippen LogP contribution in [-0.2, 0) is 4.74 Å². The van der Waals surface area contributed by atoms with Crippen LogP contribution in [0, 0.1) is 0 Å². The number of hydrogen-bond donors (Lipinski definition) is 0. The summed E-state index contributed by atoms with van der Waals surface area (Å²) in [5.74, 6) is 0. The molecule has 1 atom stereocenters. The highest BCUT2D eigenvalue weighted by Gasteiger charge is 2.35. The molecule has 1 aliphatic heterocycles. The highest BCUT2D eigenvalue weighted by atomic mass is 79.9. The third-order valence-electron chi connectivity index (χ3n) is 2.54. The van der Waals surface area contributed by atoms with Crippen LogP contribution in [0.25, 0.3) is 6.08 Å². The van der Waals surface area contributed by atoms with E-state index in [2.05, 4.69) is 54.1 Å². The Morgan fingerprint density at radius 2 is 1.93 bits per heavy atom. The molecular weight excluding hydrogens is 252 g/mol. The van der Waals surface area contributed by atoms with Gasteiger partial charge in [-0.05, 0) is 31.5 Å². The van der Waals surface area contributed by atoms with Crippen LogP contribution in [-0.4, -0.2) is 11.7 Å². The molecule has 2 heteroatoms. The van der Waals surface area contributed by atoms with E-state index in [1.807, 2.05) is 12.1 Å². The second-order valence-electron chi connectivity index (χ2n) is 4.53. The molecule has 1 aliphatic rings. The van der Waals surface area contributed by atoms with E-state index in [-0.39, 0.29) is 5.60 Å². The molecule has 1 aromatic carbocycles. The Morgan fingerprint density at radius 1 is 1.33 bits per heavy atom. The van der Waals surface area contributed by atoms with Gasteiger partial charge in [-0.2, -0.15) is 0 Å². The predicted octanol–water partition coefficient (Wildman–Crippen LogP) is 4.03. The van der Waals surface area contributed by atoms with Crippen LogP contribution in [0.4, 0.5) is 0 Å². The number of hydrogen-bond acceptors (Lipinski definition) is 1. The van der Waals surface area contributed by atoms with Gasteiger partial charge in [0.2, 0.25) is 0 Å². The molecule has 1 heterocycles. The average molecular weight is 267 g/mol. The van der Waals surface area contributed by atoms with E-state index >= 15 is 0 Å². The maximum absolute atomic E-state index is 5.68. The maximum atomic E-state index is 5.68. The molecule has 1 unspecified atom stereocenters. The third kappa shape index (κ3) is 2.93. The Morgan fingerprint density at radius 3 is 2.47 bits per heavy atom. The van der Waals surface area contributed by atoms with E-state index < -0.39 is 0 Å².